The largest absolute Gasteiger partial charge is 0.494 e. The Labute approximate surface area is 164 Å². The van der Waals surface area contributed by atoms with Crippen LogP contribution >= 0.6 is 0 Å². The van der Waals surface area contributed by atoms with Crippen molar-refractivity contribution in [1.29, 1.82) is 0 Å². The Morgan fingerprint density at radius 2 is 1.85 bits per heavy atom. The summed E-state index contributed by atoms with van der Waals surface area (Å²) in [6, 6.07) is 7.57. The number of piperidine rings is 1. The van der Waals surface area contributed by atoms with E-state index >= 15 is 0 Å². The summed E-state index contributed by atoms with van der Waals surface area (Å²) in [5.41, 5.74) is -0.0645. The lowest BCUT2D eigenvalue weighted by Crippen LogP contribution is -2.43. The van der Waals surface area contributed by atoms with Crippen molar-refractivity contribution in [2.45, 2.75) is 58.5 Å². The zero-order valence-electron chi connectivity index (χ0n) is 17.4. The fraction of sp³-hybridized carbons (Fsp3) is 0.682. The Balaban J connectivity index is 1.76. The second-order valence-electron chi connectivity index (χ2n) is 8.12. The van der Waals surface area contributed by atoms with Crippen molar-refractivity contribution in [3.8, 4) is 5.75 Å². The molecule has 1 amide bonds. The van der Waals surface area contributed by atoms with Gasteiger partial charge >= 0.3 is 0 Å². The summed E-state index contributed by atoms with van der Waals surface area (Å²) in [7, 11) is 1.59. The minimum atomic E-state index is -0.822. The molecule has 0 radical (unpaired) electrons. The second-order valence-corrected chi connectivity index (χ2v) is 8.12. The highest BCUT2D eigenvalue weighted by molar-refractivity contribution is 5.97. The van der Waals surface area contributed by atoms with Crippen molar-refractivity contribution in [1.82, 2.24) is 4.90 Å². The van der Waals surface area contributed by atoms with Crippen molar-refractivity contribution in [3.63, 3.8) is 0 Å². The summed E-state index contributed by atoms with van der Waals surface area (Å²) < 4.78 is 11.3. The number of benzene rings is 1. The number of nitrogens with zero attached hydrogens (tertiary/aromatic N) is 1. The van der Waals surface area contributed by atoms with Crippen LogP contribution in [0.3, 0.4) is 0 Å². The van der Waals surface area contributed by atoms with E-state index in [1.54, 1.807) is 7.11 Å². The lowest BCUT2D eigenvalue weighted by Gasteiger charge is -2.28. The van der Waals surface area contributed by atoms with E-state index in [0.29, 0.717) is 12.3 Å². The van der Waals surface area contributed by atoms with Crippen molar-refractivity contribution in [2.75, 3.05) is 38.7 Å². The lowest BCUT2D eigenvalue weighted by molar-refractivity contribution is -0.137. The van der Waals surface area contributed by atoms with Gasteiger partial charge in [-0.2, -0.15) is 0 Å². The third-order valence-electron chi connectivity index (χ3n) is 5.18. The van der Waals surface area contributed by atoms with Gasteiger partial charge in [-0.25, -0.2) is 0 Å². The zero-order valence-corrected chi connectivity index (χ0v) is 17.4. The maximum atomic E-state index is 12.6. The van der Waals surface area contributed by atoms with Crippen LogP contribution in [0.1, 0.15) is 52.9 Å². The fourth-order valence-electron chi connectivity index (χ4n) is 3.61. The van der Waals surface area contributed by atoms with Crippen LogP contribution in [0.5, 0.6) is 5.75 Å². The molecule has 0 saturated carbocycles. The van der Waals surface area contributed by atoms with Gasteiger partial charge in [0.05, 0.1) is 6.61 Å². The van der Waals surface area contributed by atoms with E-state index in [-0.39, 0.29) is 5.91 Å². The summed E-state index contributed by atoms with van der Waals surface area (Å²) in [5.74, 6) is 1.10. The highest BCUT2D eigenvalue weighted by Crippen LogP contribution is 2.23. The van der Waals surface area contributed by atoms with Crippen LogP contribution in [0, 0.1) is 5.92 Å². The first-order chi connectivity index (χ1) is 12.9. The maximum Gasteiger partial charge on any atom is 0.256 e. The van der Waals surface area contributed by atoms with Crippen molar-refractivity contribution in [2.24, 2.45) is 5.92 Å². The molecule has 0 aliphatic carbocycles. The van der Waals surface area contributed by atoms with Gasteiger partial charge in [0.15, 0.2) is 0 Å². The van der Waals surface area contributed by atoms with Crippen LogP contribution in [0.4, 0.5) is 5.69 Å². The molecule has 0 unspecified atom stereocenters. The van der Waals surface area contributed by atoms with E-state index < -0.39 is 5.60 Å². The quantitative estimate of drug-likeness (QED) is 0.618. The Kier molecular flexibility index (Phi) is 8.58. The molecule has 1 heterocycles. The number of rotatable bonds is 10. The molecule has 1 aliphatic rings. The van der Waals surface area contributed by atoms with Gasteiger partial charge in [0.25, 0.3) is 5.91 Å². The SMILES string of the molecule is CO[C@](C)(CC(C)C)C(=O)Nc1ccc(OCCCN2CCCCC2)cc1. The molecule has 1 fully saturated rings. The van der Waals surface area contributed by atoms with Crippen LogP contribution in [0.25, 0.3) is 0 Å². The van der Waals surface area contributed by atoms with E-state index in [1.165, 1.54) is 32.4 Å². The van der Waals surface area contributed by atoms with Crippen molar-refractivity contribution >= 4 is 11.6 Å². The van der Waals surface area contributed by atoms with E-state index in [9.17, 15) is 4.79 Å². The molecule has 1 saturated heterocycles. The van der Waals surface area contributed by atoms with Gasteiger partial charge in [0, 0.05) is 19.3 Å². The topological polar surface area (TPSA) is 50.8 Å². The number of hydrogen-bond acceptors (Lipinski definition) is 4. The molecule has 5 nitrogen and oxygen atoms in total. The molecular weight excluding hydrogens is 340 g/mol. The Hall–Kier alpha value is -1.59. The number of methoxy groups -OCH3 is 1. The molecular formula is C22H36N2O3. The van der Waals surface area contributed by atoms with Crippen molar-refractivity contribution < 1.29 is 14.3 Å². The number of amides is 1. The third kappa shape index (κ3) is 7.15. The van der Waals surface area contributed by atoms with Crippen LogP contribution in [-0.4, -0.2) is 49.8 Å². The molecule has 1 aromatic carbocycles. The summed E-state index contributed by atoms with van der Waals surface area (Å²) >= 11 is 0. The first-order valence-electron chi connectivity index (χ1n) is 10.2. The highest BCUT2D eigenvalue weighted by atomic mass is 16.5. The number of hydrogen-bond donors (Lipinski definition) is 1. The lowest BCUT2D eigenvalue weighted by atomic mass is 9.93. The van der Waals surface area contributed by atoms with Gasteiger partial charge in [-0.05, 0) is 75.9 Å². The van der Waals surface area contributed by atoms with Crippen LogP contribution in [0.15, 0.2) is 24.3 Å². The summed E-state index contributed by atoms with van der Waals surface area (Å²) in [6.45, 7) is 10.3. The molecule has 152 valence electrons. The van der Waals surface area contributed by atoms with Crippen LogP contribution in [0.2, 0.25) is 0 Å². The molecule has 0 bridgehead atoms. The zero-order chi connectivity index (χ0) is 19.7. The van der Waals surface area contributed by atoms with E-state index in [1.807, 2.05) is 31.2 Å². The van der Waals surface area contributed by atoms with Gasteiger partial charge in [0.1, 0.15) is 11.4 Å². The number of anilines is 1. The van der Waals surface area contributed by atoms with Gasteiger partial charge in [-0.15, -0.1) is 0 Å². The molecule has 1 atom stereocenters. The third-order valence-corrected chi connectivity index (χ3v) is 5.18. The molecule has 1 aliphatic heterocycles. The van der Waals surface area contributed by atoms with Gasteiger partial charge in [-0.1, -0.05) is 20.3 Å². The molecule has 1 N–H and O–H groups in total. The number of carbonyl (C=O) groups excluding carboxylic acids is 1. The van der Waals surface area contributed by atoms with E-state index in [4.69, 9.17) is 9.47 Å². The molecule has 0 spiro atoms. The first-order valence-corrected chi connectivity index (χ1v) is 10.2. The van der Waals surface area contributed by atoms with Crippen LogP contribution < -0.4 is 10.1 Å². The predicted molar refractivity (Wildman–Crippen MR) is 110 cm³/mol. The summed E-state index contributed by atoms with van der Waals surface area (Å²) in [5, 5.41) is 2.95. The second kappa shape index (κ2) is 10.7. The average Bonchev–Trinajstić information content (AvgIpc) is 2.66. The smallest absolute Gasteiger partial charge is 0.256 e. The summed E-state index contributed by atoms with van der Waals surface area (Å²) in [6.07, 6.45) is 5.74. The van der Waals surface area contributed by atoms with Gasteiger partial charge in [0.2, 0.25) is 0 Å². The number of carbonyl (C=O) groups is 1. The Morgan fingerprint density at radius 1 is 1.19 bits per heavy atom. The molecule has 1 aromatic rings. The Bertz CT molecular complexity index is 567. The number of ether oxygens (including phenoxy) is 2. The monoisotopic (exact) mass is 376 g/mol. The highest BCUT2D eigenvalue weighted by Gasteiger charge is 2.33. The Morgan fingerprint density at radius 3 is 2.44 bits per heavy atom. The first kappa shape index (κ1) is 21.7. The van der Waals surface area contributed by atoms with Gasteiger partial charge < -0.3 is 19.7 Å². The predicted octanol–water partition coefficient (Wildman–Crippen LogP) is 4.33. The minimum Gasteiger partial charge on any atom is -0.494 e. The fourth-order valence-corrected chi connectivity index (χ4v) is 3.61. The molecule has 0 aromatic heterocycles. The molecule has 27 heavy (non-hydrogen) atoms. The maximum absolute atomic E-state index is 12.6. The van der Waals surface area contributed by atoms with E-state index in [0.717, 1.165) is 31.0 Å². The number of nitrogens with one attached hydrogen (secondary N) is 1. The minimum absolute atomic E-state index is 0.117. The van der Waals surface area contributed by atoms with E-state index in [2.05, 4.69) is 24.1 Å². The molecule has 5 heteroatoms. The van der Waals surface area contributed by atoms with Gasteiger partial charge in [-0.3, -0.25) is 4.79 Å². The van der Waals surface area contributed by atoms with Crippen molar-refractivity contribution in [3.05, 3.63) is 24.3 Å². The van der Waals surface area contributed by atoms with Crippen LogP contribution in [-0.2, 0) is 9.53 Å². The summed E-state index contributed by atoms with van der Waals surface area (Å²) in [4.78, 5) is 15.1. The molecule has 2 rings (SSSR count). The average molecular weight is 377 g/mol. The standard InChI is InChI=1S/C22H36N2O3/c1-18(2)17-22(3,26-4)21(25)23-19-9-11-20(12-10-19)27-16-8-15-24-13-6-5-7-14-24/h9-12,18H,5-8,13-17H2,1-4H3,(H,23,25)/t22-/m1/s1. The normalized spacial score (nSPS) is 17.5. The number of likely N-dealkylation sites (tertiary alicyclic amines) is 1.